The Balaban J connectivity index is 2.35. The van der Waals surface area contributed by atoms with Crippen LogP contribution in [0.1, 0.15) is 31.0 Å². The SMILES string of the molecule is CCc1cn(-c2ccc(C=C(CCCCl)C(=O)O)cc2OC)cn1. The van der Waals surface area contributed by atoms with Gasteiger partial charge in [-0.15, -0.1) is 11.6 Å². The van der Waals surface area contributed by atoms with Crippen LogP contribution in [0.3, 0.4) is 0 Å². The number of hydrogen-bond donors (Lipinski definition) is 1. The van der Waals surface area contributed by atoms with Crippen molar-refractivity contribution in [1.82, 2.24) is 9.55 Å². The van der Waals surface area contributed by atoms with Gasteiger partial charge in [0, 0.05) is 17.6 Å². The summed E-state index contributed by atoms with van der Waals surface area (Å²) in [6, 6.07) is 5.59. The molecule has 0 aliphatic carbocycles. The molecule has 0 bridgehead atoms. The number of carbonyl (C=O) groups is 1. The number of carboxylic acids is 1. The number of methoxy groups -OCH3 is 1. The lowest BCUT2D eigenvalue weighted by Crippen LogP contribution is -2.01. The summed E-state index contributed by atoms with van der Waals surface area (Å²) in [7, 11) is 1.59. The van der Waals surface area contributed by atoms with Crippen molar-refractivity contribution in [3.8, 4) is 11.4 Å². The van der Waals surface area contributed by atoms with Crippen LogP contribution in [-0.4, -0.2) is 33.6 Å². The second-order valence-electron chi connectivity index (χ2n) is 5.32. The molecule has 2 rings (SSSR count). The smallest absolute Gasteiger partial charge is 0.331 e. The highest BCUT2D eigenvalue weighted by Gasteiger charge is 2.10. The van der Waals surface area contributed by atoms with E-state index in [9.17, 15) is 9.90 Å². The highest BCUT2D eigenvalue weighted by Crippen LogP contribution is 2.26. The lowest BCUT2D eigenvalue weighted by atomic mass is 10.1. The van der Waals surface area contributed by atoms with Crippen LogP contribution in [0.15, 0.2) is 36.3 Å². The second kappa shape index (κ2) is 8.55. The van der Waals surface area contributed by atoms with Crippen LogP contribution >= 0.6 is 11.6 Å². The Kier molecular flexibility index (Phi) is 6.44. The zero-order chi connectivity index (χ0) is 17.5. The van der Waals surface area contributed by atoms with Gasteiger partial charge in [-0.05, 0) is 43.0 Å². The zero-order valence-corrected chi connectivity index (χ0v) is 14.6. The van der Waals surface area contributed by atoms with Crippen LogP contribution < -0.4 is 4.74 Å². The largest absolute Gasteiger partial charge is 0.495 e. The predicted octanol–water partition coefficient (Wildman–Crippen LogP) is 3.93. The van der Waals surface area contributed by atoms with Gasteiger partial charge >= 0.3 is 5.97 Å². The van der Waals surface area contributed by atoms with Crippen molar-refractivity contribution < 1.29 is 14.6 Å². The Bertz CT molecular complexity index is 738. The number of aromatic nitrogens is 2. The number of benzene rings is 1. The fraction of sp³-hybridized carbons (Fsp3) is 0.333. The molecular weight excluding hydrogens is 328 g/mol. The van der Waals surface area contributed by atoms with E-state index in [0.29, 0.717) is 30.0 Å². The number of rotatable bonds is 8. The highest BCUT2D eigenvalue weighted by molar-refractivity contribution is 6.17. The molecule has 1 aromatic carbocycles. The summed E-state index contributed by atoms with van der Waals surface area (Å²) in [4.78, 5) is 15.7. The first-order chi connectivity index (χ1) is 11.6. The van der Waals surface area contributed by atoms with Crippen molar-refractivity contribution in [1.29, 1.82) is 0 Å². The first-order valence-corrected chi connectivity index (χ1v) is 8.33. The molecule has 1 N–H and O–H groups in total. The molecule has 0 unspecified atom stereocenters. The van der Waals surface area contributed by atoms with Crippen LogP contribution in [0.5, 0.6) is 5.75 Å². The third kappa shape index (κ3) is 4.38. The van der Waals surface area contributed by atoms with Gasteiger partial charge in [-0.25, -0.2) is 9.78 Å². The summed E-state index contributed by atoms with van der Waals surface area (Å²) in [5.74, 6) is 0.170. The Morgan fingerprint density at radius 1 is 1.46 bits per heavy atom. The van der Waals surface area contributed by atoms with Crippen molar-refractivity contribution >= 4 is 23.6 Å². The van der Waals surface area contributed by atoms with E-state index in [0.717, 1.165) is 23.4 Å². The van der Waals surface area contributed by atoms with Gasteiger partial charge in [-0.1, -0.05) is 13.0 Å². The fourth-order valence-corrected chi connectivity index (χ4v) is 2.51. The molecule has 0 saturated carbocycles. The summed E-state index contributed by atoms with van der Waals surface area (Å²) >= 11 is 5.65. The average molecular weight is 349 g/mol. The van der Waals surface area contributed by atoms with Gasteiger partial charge in [0.2, 0.25) is 0 Å². The van der Waals surface area contributed by atoms with E-state index in [2.05, 4.69) is 4.98 Å². The number of halogens is 1. The standard InChI is InChI=1S/C18H21ClN2O3/c1-3-15-11-21(12-20-15)16-7-6-13(10-17(16)24-2)9-14(18(22)23)5-4-8-19/h6-7,9-12H,3-5,8H2,1-2H3,(H,22,23). The Morgan fingerprint density at radius 3 is 2.83 bits per heavy atom. The van der Waals surface area contributed by atoms with E-state index < -0.39 is 5.97 Å². The Labute approximate surface area is 146 Å². The maximum Gasteiger partial charge on any atom is 0.331 e. The molecule has 5 nitrogen and oxygen atoms in total. The summed E-state index contributed by atoms with van der Waals surface area (Å²) in [6.07, 6.45) is 7.28. The molecule has 6 heteroatoms. The van der Waals surface area contributed by atoms with Gasteiger partial charge in [-0.3, -0.25) is 0 Å². The van der Waals surface area contributed by atoms with Crippen molar-refractivity contribution in [2.75, 3.05) is 13.0 Å². The molecule has 0 fully saturated rings. The van der Waals surface area contributed by atoms with E-state index in [1.807, 2.05) is 35.9 Å². The quantitative estimate of drug-likeness (QED) is 0.580. The molecule has 0 atom stereocenters. The van der Waals surface area contributed by atoms with E-state index in [-0.39, 0.29) is 0 Å². The number of alkyl halides is 1. The summed E-state index contributed by atoms with van der Waals surface area (Å²) < 4.78 is 7.36. The van der Waals surface area contributed by atoms with E-state index in [1.54, 1.807) is 19.5 Å². The van der Waals surface area contributed by atoms with Crippen LogP contribution in [0.4, 0.5) is 0 Å². The summed E-state index contributed by atoms with van der Waals surface area (Å²) in [5.41, 5.74) is 2.97. The molecule has 1 heterocycles. The number of nitrogens with zero attached hydrogens (tertiary/aromatic N) is 2. The normalized spacial score (nSPS) is 11.5. The second-order valence-corrected chi connectivity index (χ2v) is 5.70. The molecule has 128 valence electrons. The summed E-state index contributed by atoms with van der Waals surface area (Å²) in [6.45, 7) is 2.05. The van der Waals surface area contributed by atoms with Crippen LogP contribution in [0.2, 0.25) is 0 Å². The number of hydrogen-bond acceptors (Lipinski definition) is 3. The van der Waals surface area contributed by atoms with Gasteiger partial charge in [0.25, 0.3) is 0 Å². The molecule has 0 amide bonds. The van der Waals surface area contributed by atoms with Crippen molar-refractivity contribution in [3.63, 3.8) is 0 Å². The molecule has 0 aliphatic rings. The third-order valence-electron chi connectivity index (χ3n) is 3.68. The minimum Gasteiger partial charge on any atom is -0.495 e. The lowest BCUT2D eigenvalue weighted by Gasteiger charge is -2.10. The third-order valence-corrected chi connectivity index (χ3v) is 3.94. The first kappa shape index (κ1) is 18.1. The van der Waals surface area contributed by atoms with Gasteiger partial charge in [0.1, 0.15) is 5.75 Å². The van der Waals surface area contributed by atoms with E-state index in [1.165, 1.54) is 0 Å². The topological polar surface area (TPSA) is 64.4 Å². The molecule has 24 heavy (non-hydrogen) atoms. The molecule has 0 spiro atoms. The Morgan fingerprint density at radius 2 is 2.25 bits per heavy atom. The molecule has 0 radical (unpaired) electrons. The predicted molar refractivity (Wildman–Crippen MR) is 95.1 cm³/mol. The maximum atomic E-state index is 11.3. The van der Waals surface area contributed by atoms with Crippen molar-refractivity contribution in [2.24, 2.45) is 0 Å². The molecule has 0 aliphatic heterocycles. The minimum atomic E-state index is -0.926. The molecule has 0 saturated heterocycles. The van der Waals surface area contributed by atoms with E-state index >= 15 is 0 Å². The minimum absolute atomic E-state index is 0.335. The van der Waals surface area contributed by atoms with Crippen molar-refractivity contribution in [2.45, 2.75) is 26.2 Å². The number of aryl methyl sites for hydroxylation is 1. The van der Waals surface area contributed by atoms with Crippen LogP contribution in [0.25, 0.3) is 11.8 Å². The van der Waals surface area contributed by atoms with Crippen LogP contribution in [0, 0.1) is 0 Å². The monoisotopic (exact) mass is 348 g/mol. The van der Waals surface area contributed by atoms with Gasteiger partial charge < -0.3 is 14.4 Å². The zero-order valence-electron chi connectivity index (χ0n) is 13.8. The fourth-order valence-electron chi connectivity index (χ4n) is 2.37. The summed E-state index contributed by atoms with van der Waals surface area (Å²) in [5, 5.41) is 9.30. The number of aliphatic carboxylic acids is 1. The van der Waals surface area contributed by atoms with Gasteiger partial charge in [0.05, 0.1) is 24.8 Å². The molecular formula is C18H21ClN2O3. The van der Waals surface area contributed by atoms with Gasteiger partial charge in [0.15, 0.2) is 0 Å². The number of carboxylic acid groups (broad SMARTS) is 1. The highest BCUT2D eigenvalue weighted by atomic mass is 35.5. The lowest BCUT2D eigenvalue weighted by molar-refractivity contribution is -0.132. The Hall–Kier alpha value is -2.27. The maximum absolute atomic E-state index is 11.3. The van der Waals surface area contributed by atoms with Crippen molar-refractivity contribution in [3.05, 3.63) is 47.6 Å². The average Bonchev–Trinajstić information content (AvgIpc) is 3.07. The molecule has 1 aromatic heterocycles. The number of imidazole rings is 1. The molecule has 2 aromatic rings. The van der Waals surface area contributed by atoms with Gasteiger partial charge in [-0.2, -0.15) is 0 Å². The van der Waals surface area contributed by atoms with Crippen LogP contribution in [-0.2, 0) is 11.2 Å². The number of ether oxygens (including phenoxy) is 1. The van der Waals surface area contributed by atoms with E-state index in [4.69, 9.17) is 16.3 Å². The first-order valence-electron chi connectivity index (χ1n) is 7.80.